The number of hydrogen-bond acceptors (Lipinski definition) is 4. The standard InChI is InChI=1S/C23H38O5/c1-4-7-10-11-12-13-16-27-22-19(15-9-6-3)18(14-8-5-2)17-20(21(22)24)28-23(25)26/h17,24H,4-16H2,1-3H3,(H,25,26). The Kier molecular flexibility index (Phi) is 12.2. The molecule has 0 bridgehead atoms. The van der Waals surface area contributed by atoms with Crippen LogP contribution in [0.4, 0.5) is 4.79 Å². The Morgan fingerprint density at radius 1 is 0.893 bits per heavy atom. The molecule has 0 amide bonds. The van der Waals surface area contributed by atoms with Crippen molar-refractivity contribution >= 4 is 6.16 Å². The number of aromatic hydroxyl groups is 1. The van der Waals surface area contributed by atoms with E-state index in [0.717, 1.165) is 62.5 Å². The largest absolute Gasteiger partial charge is 0.511 e. The average molecular weight is 395 g/mol. The minimum absolute atomic E-state index is 0.0307. The SMILES string of the molecule is CCCCCCCCOc1c(O)c(OC(=O)O)cc(CCCC)c1CCCC. The molecule has 28 heavy (non-hydrogen) atoms. The molecule has 0 fully saturated rings. The van der Waals surface area contributed by atoms with Crippen LogP contribution in [0.15, 0.2) is 6.07 Å². The molecule has 1 rings (SSSR count). The van der Waals surface area contributed by atoms with Gasteiger partial charge in [-0.25, -0.2) is 4.79 Å². The van der Waals surface area contributed by atoms with Gasteiger partial charge >= 0.3 is 6.16 Å². The van der Waals surface area contributed by atoms with Gasteiger partial charge in [0.25, 0.3) is 0 Å². The number of hydrogen-bond donors (Lipinski definition) is 2. The van der Waals surface area contributed by atoms with Gasteiger partial charge in [0.2, 0.25) is 5.75 Å². The van der Waals surface area contributed by atoms with E-state index >= 15 is 0 Å². The van der Waals surface area contributed by atoms with Crippen molar-refractivity contribution in [2.75, 3.05) is 6.61 Å². The maximum Gasteiger partial charge on any atom is 0.511 e. The topological polar surface area (TPSA) is 76.0 Å². The van der Waals surface area contributed by atoms with Gasteiger partial charge in [-0.05, 0) is 43.7 Å². The minimum atomic E-state index is -1.43. The van der Waals surface area contributed by atoms with Gasteiger partial charge in [-0.3, -0.25) is 0 Å². The van der Waals surface area contributed by atoms with E-state index in [1.165, 1.54) is 25.7 Å². The number of ether oxygens (including phenoxy) is 2. The molecular formula is C23H38O5. The first-order valence-corrected chi connectivity index (χ1v) is 11.0. The molecule has 5 nitrogen and oxygen atoms in total. The van der Waals surface area contributed by atoms with E-state index in [1.807, 2.05) is 0 Å². The van der Waals surface area contributed by atoms with Crippen LogP contribution in [0.2, 0.25) is 0 Å². The number of unbranched alkanes of at least 4 members (excludes halogenated alkanes) is 7. The van der Waals surface area contributed by atoms with Crippen molar-refractivity contribution in [1.29, 1.82) is 0 Å². The van der Waals surface area contributed by atoms with E-state index in [4.69, 9.17) is 14.6 Å². The van der Waals surface area contributed by atoms with E-state index in [2.05, 4.69) is 20.8 Å². The van der Waals surface area contributed by atoms with Gasteiger partial charge < -0.3 is 19.7 Å². The van der Waals surface area contributed by atoms with Gasteiger partial charge in [0.15, 0.2) is 11.5 Å². The summed E-state index contributed by atoms with van der Waals surface area (Å²) in [6, 6.07) is 1.67. The van der Waals surface area contributed by atoms with Crippen LogP contribution in [0.25, 0.3) is 0 Å². The van der Waals surface area contributed by atoms with Crippen molar-refractivity contribution in [2.45, 2.75) is 97.8 Å². The Morgan fingerprint density at radius 2 is 1.50 bits per heavy atom. The first kappa shape index (κ1) is 24.1. The van der Waals surface area contributed by atoms with Gasteiger partial charge in [0.1, 0.15) is 0 Å². The predicted molar refractivity (Wildman–Crippen MR) is 113 cm³/mol. The highest BCUT2D eigenvalue weighted by atomic mass is 16.7. The fourth-order valence-electron chi connectivity index (χ4n) is 3.32. The molecule has 0 radical (unpaired) electrons. The third-order valence-corrected chi connectivity index (χ3v) is 4.94. The van der Waals surface area contributed by atoms with Gasteiger partial charge in [0.05, 0.1) is 6.61 Å². The average Bonchev–Trinajstić information content (AvgIpc) is 2.67. The molecule has 0 aliphatic heterocycles. The lowest BCUT2D eigenvalue weighted by Crippen LogP contribution is -2.08. The Bertz CT molecular complexity index is 583. The van der Waals surface area contributed by atoms with Crippen molar-refractivity contribution in [2.24, 2.45) is 0 Å². The Balaban J connectivity index is 3.00. The summed E-state index contributed by atoms with van der Waals surface area (Å²) >= 11 is 0. The van der Waals surface area contributed by atoms with Gasteiger partial charge in [-0.1, -0.05) is 65.7 Å². The van der Waals surface area contributed by atoms with Crippen LogP contribution in [-0.2, 0) is 12.8 Å². The second kappa shape index (κ2) is 14.1. The number of aryl methyl sites for hydroxylation is 1. The Hall–Kier alpha value is -1.91. The third kappa shape index (κ3) is 8.41. The fourth-order valence-corrected chi connectivity index (χ4v) is 3.32. The lowest BCUT2D eigenvalue weighted by molar-refractivity contribution is 0.142. The van der Waals surface area contributed by atoms with Crippen LogP contribution in [0.3, 0.4) is 0 Å². The van der Waals surface area contributed by atoms with Crippen molar-refractivity contribution in [3.05, 3.63) is 17.2 Å². The summed E-state index contributed by atoms with van der Waals surface area (Å²) in [5, 5.41) is 19.6. The molecule has 0 atom stereocenters. The third-order valence-electron chi connectivity index (χ3n) is 4.94. The fraction of sp³-hybridized carbons (Fsp3) is 0.696. The molecule has 0 aromatic heterocycles. The zero-order valence-electron chi connectivity index (χ0n) is 17.9. The lowest BCUT2D eigenvalue weighted by atomic mass is 9.96. The monoisotopic (exact) mass is 394 g/mol. The Labute approximate surface area is 170 Å². The molecular weight excluding hydrogens is 356 g/mol. The molecule has 5 heteroatoms. The van der Waals surface area contributed by atoms with Gasteiger partial charge in [-0.2, -0.15) is 0 Å². The number of carboxylic acid groups (broad SMARTS) is 1. The van der Waals surface area contributed by atoms with Crippen LogP contribution in [0.1, 0.15) is 96.1 Å². The molecule has 0 saturated carbocycles. The summed E-state index contributed by atoms with van der Waals surface area (Å²) in [5.74, 6) is 0.184. The minimum Gasteiger partial charge on any atom is -0.502 e. The summed E-state index contributed by atoms with van der Waals surface area (Å²) in [7, 11) is 0. The summed E-state index contributed by atoms with van der Waals surface area (Å²) in [6.07, 6.45) is 11.2. The molecule has 1 aromatic rings. The quantitative estimate of drug-likeness (QED) is 0.193. The number of rotatable bonds is 15. The molecule has 0 unspecified atom stereocenters. The zero-order valence-corrected chi connectivity index (χ0v) is 17.9. The van der Waals surface area contributed by atoms with E-state index < -0.39 is 6.16 Å². The highest BCUT2D eigenvalue weighted by Crippen LogP contribution is 2.43. The summed E-state index contributed by atoms with van der Waals surface area (Å²) in [5.41, 5.74) is 2.01. The number of benzene rings is 1. The number of phenols is 1. The van der Waals surface area contributed by atoms with E-state index in [1.54, 1.807) is 6.07 Å². The van der Waals surface area contributed by atoms with Crippen molar-refractivity contribution in [3.8, 4) is 17.2 Å². The predicted octanol–water partition coefficient (Wildman–Crippen LogP) is 6.87. The van der Waals surface area contributed by atoms with Gasteiger partial charge in [-0.15, -0.1) is 0 Å². The van der Waals surface area contributed by atoms with E-state index in [9.17, 15) is 9.90 Å². The van der Waals surface area contributed by atoms with Crippen LogP contribution in [-0.4, -0.2) is 23.0 Å². The highest BCUT2D eigenvalue weighted by Gasteiger charge is 2.21. The normalized spacial score (nSPS) is 10.8. The summed E-state index contributed by atoms with van der Waals surface area (Å²) < 4.78 is 10.8. The number of phenolic OH excluding ortho intramolecular Hbond substituents is 1. The van der Waals surface area contributed by atoms with Gasteiger partial charge in [0, 0.05) is 5.56 Å². The smallest absolute Gasteiger partial charge is 0.502 e. The lowest BCUT2D eigenvalue weighted by Gasteiger charge is -2.19. The molecule has 160 valence electrons. The number of carbonyl (C=O) groups is 1. The highest BCUT2D eigenvalue weighted by molar-refractivity contribution is 5.66. The molecule has 0 saturated heterocycles. The van der Waals surface area contributed by atoms with Crippen molar-refractivity contribution in [3.63, 3.8) is 0 Å². The molecule has 1 aromatic carbocycles. The molecule has 0 aliphatic rings. The van der Waals surface area contributed by atoms with Crippen molar-refractivity contribution < 1.29 is 24.5 Å². The second-order valence-corrected chi connectivity index (χ2v) is 7.38. The molecule has 0 spiro atoms. The Morgan fingerprint density at radius 3 is 2.14 bits per heavy atom. The maximum atomic E-state index is 11.0. The van der Waals surface area contributed by atoms with E-state index in [0.29, 0.717) is 12.4 Å². The van der Waals surface area contributed by atoms with E-state index in [-0.39, 0.29) is 11.5 Å². The zero-order chi connectivity index (χ0) is 20.8. The van der Waals surface area contributed by atoms with Crippen LogP contribution in [0, 0.1) is 0 Å². The van der Waals surface area contributed by atoms with Crippen LogP contribution < -0.4 is 9.47 Å². The first-order valence-electron chi connectivity index (χ1n) is 11.0. The molecule has 0 aliphatic carbocycles. The van der Waals surface area contributed by atoms with Crippen LogP contribution >= 0.6 is 0 Å². The summed E-state index contributed by atoms with van der Waals surface area (Å²) in [6.45, 7) is 6.97. The molecule has 0 heterocycles. The van der Waals surface area contributed by atoms with Crippen LogP contribution in [0.5, 0.6) is 17.2 Å². The molecule has 2 N–H and O–H groups in total. The summed E-state index contributed by atoms with van der Waals surface area (Å²) in [4.78, 5) is 11.0. The van der Waals surface area contributed by atoms with Crippen molar-refractivity contribution in [1.82, 2.24) is 0 Å². The maximum absolute atomic E-state index is 11.0. The first-order chi connectivity index (χ1) is 13.5. The second-order valence-electron chi connectivity index (χ2n) is 7.38.